The first kappa shape index (κ1) is 21.5. The van der Waals surface area contributed by atoms with Crippen LogP contribution in [0.4, 0.5) is 18.0 Å². The molecule has 1 aromatic heterocycles. The molecule has 0 fully saturated rings. The number of fused-ring (bicyclic) bond motifs is 1. The Morgan fingerprint density at radius 2 is 1.60 bits per heavy atom. The van der Waals surface area contributed by atoms with E-state index in [0.717, 1.165) is 27.8 Å². The quantitative estimate of drug-likeness (QED) is 0.490. The number of hydrogen-bond acceptors (Lipinski definition) is 4. The number of Topliss-reactive ketones (excluding diaryl/α,β-unsaturated/α-hetero) is 1. The predicted octanol–water partition coefficient (Wildman–Crippen LogP) is 5.85. The highest BCUT2D eigenvalue weighted by Crippen LogP contribution is 2.32. The summed E-state index contributed by atoms with van der Waals surface area (Å²) >= 11 is 0. The first-order chi connectivity index (χ1) is 13.8. The zero-order valence-electron chi connectivity index (χ0n) is 17.2. The van der Waals surface area contributed by atoms with Crippen LogP contribution >= 0.6 is 0 Å². The Balaban J connectivity index is 2.32. The van der Waals surface area contributed by atoms with Gasteiger partial charge in [0.25, 0.3) is 5.78 Å². The van der Waals surface area contributed by atoms with E-state index in [-0.39, 0.29) is 16.9 Å². The monoisotopic (exact) mass is 418 g/mol. The van der Waals surface area contributed by atoms with Crippen molar-refractivity contribution in [1.82, 2.24) is 9.55 Å². The summed E-state index contributed by atoms with van der Waals surface area (Å²) in [5.74, 6) is -1.75. The number of aromatic nitrogens is 2. The number of halogens is 3. The number of rotatable bonds is 2. The molecule has 3 aromatic rings. The van der Waals surface area contributed by atoms with E-state index in [1.54, 1.807) is 20.8 Å². The number of imidazole rings is 1. The zero-order chi connectivity index (χ0) is 22.4. The Labute approximate surface area is 171 Å². The van der Waals surface area contributed by atoms with Crippen molar-refractivity contribution in [3.05, 3.63) is 53.1 Å². The number of ketones is 1. The van der Waals surface area contributed by atoms with E-state index >= 15 is 0 Å². The Bertz CT molecular complexity index is 1130. The van der Waals surface area contributed by atoms with E-state index in [0.29, 0.717) is 5.56 Å². The van der Waals surface area contributed by atoms with Gasteiger partial charge in [-0.15, -0.1) is 0 Å². The third-order valence-electron chi connectivity index (χ3n) is 4.45. The van der Waals surface area contributed by atoms with Gasteiger partial charge in [-0.2, -0.15) is 13.2 Å². The molecule has 158 valence electrons. The Morgan fingerprint density at radius 1 is 1.00 bits per heavy atom. The number of carbonyl (C=O) groups excluding carboxylic acids is 2. The average Bonchev–Trinajstić information content (AvgIpc) is 2.96. The number of carbonyl (C=O) groups is 2. The summed E-state index contributed by atoms with van der Waals surface area (Å²) in [5.41, 5.74) is 1.26. The van der Waals surface area contributed by atoms with Gasteiger partial charge in [0.2, 0.25) is 0 Å². The van der Waals surface area contributed by atoms with Gasteiger partial charge in [-0.1, -0.05) is 18.2 Å². The Kier molecular flexibility index (Phi) is 5.22. The Morgan fingerprint density at radius 3 is 2.13 bits per heavy atom. The molecule has 1 heterocycles. The van der Waals surface area contributed by atoms with Crippen molar-refractivity contribution in [2.45, 2.75) is 46.4 Å². The zero-order valence-corrected chi connectivity index (χ0v) is 17.2. The molecule has 0 saturated heterocycles. The van der Waals surface area contributed by atoms with Gasteiger partial charge in [-0.25, -0.2) is 14.3 Å². The van der Waals surface area contributed by atoms with Crippen molar-refractivity contribution >= 4 is 22.9 Å². The Hall–Kier alpha value is -3.16. The largest absolute Gasteiger partial charge is 0.454 e. The fourth-order valence-electron chi connectivity index (χ4n) is 3.21. The van der Waals surface area contributed by atoms with E-state index in [2.05, 4.69) is 4.98 Å². The second-order valence-corrected chi connectivity index (χ2v) is 8.05. The van der Waals surface area contributed by atoms with Crippen molar-refractivity contribution in [2.24, 2.45) is 0 Å². The molecule has 0 radical (unpaired) electrons. The summed E-state index contributed by atoms with van der Waals surface area (Å²) in [7, 11) is 0. The maximum Gasteiger partial charge on any atom is 0.454 e. The molecule has 2 aromatic carbocycles. The molecule has 0 spiro atoms. The van der Waals surface area contributed by atoms with E-state index < -0.39 is 29.2 Å². The lowest BCUT2D eigenvalue weighted by Gasteiger charge is -2.21. The fourth-order valence-corrected chi connectivity index (χ4v) is 3.21. The molecule has 0 unspecified atom stereocenters. The van der Waals surface area contributed by atoms with Crippen LogP contribution in [0.25, 0.3) is 22.4 Å². The van der Waals surface area contributed by atoms with Crippen LogP contribution in [0.1, 0.15) is 42.3 Å². The minimum absolute atomic E-state index is 0.0667. The molecular weight excluding hydrogens is 397 g/mol. The van der Waals surface area contributed by atoms with E-state index in [4.69, 9.17) is 4.74 Å². The lowest BCUT2D eigenvalue weighted by Crippen LogP contribution is -2.27. The smallest absolute Gasteiger partial charge is 0.443 e. The summed E-state index contributed by atoms with van der Waals surface area (Å²) in [6.07, 6.45) is -5.82. The topological polar surface area (TPSA) is 61.2 Å². The molecule has 0 saturated carbocycles. The van der Waals surface area contributed by atoms with E-state index in [9.17, 15) is 22.8 Å². The molecule has 30 heavy (non-hydrogen) atoms. The minimum atomic E-state index is -5.03. The SMILES string of the molecule is Cc1cccc(C)c1-c1nc2ccc(C(=O)C(F)(F)F)cc2n1C(=O)OC(C)(C)C. The van der Waals surface area contributed by atoms with Gasteiger partial charge in [0.05, 0.1) is 11.0 Å². The van der Waals surface area contributed by atoms with Crippen LogP contribution in [0.5, 0.6) is 0 Å². The highest BCUT2D eigenvalue weighted by Gasteiger charge is 2.39. The molecule has 0 atom stereocenters. The van der Waals surface area contributed by atoms with Crippen molar-refractivity contribution in [2.75, 3.05) is 0 Å². The highest BCUT2D eigenvalue weighted by molar-refractivity contribution is 6.04. The second-order valence-electron chi connectivity index (χ2n) is 8.05. The maximum atomic E-state index is 13.0. The number of aryl methyl sites for hydroxylation is 2. The third kappa shape index (κ3) is 4.08. The van der Waals surface area contributed by atoms with Crippen LogP contribution in [0.2, 0.25) is 0 Å². The molecule has 0 aliphatic rings. The average molecular weight is 418 g/mol. The number of nitrogens with zero attached hydrogens (tertiary/aromatic N) is 2. The number of hydrogen-bond donors (Lipinski definition) is 0. The molecular formula is C22H21F3N2O3. The summed E-state index contributed by atoms with van der Waals surface area (Å²) in [6.45, 7) is 8.74. The van der Waals surface area contributed by atoms with Gasteiger partial charge in [-0.05, 0) is 63.9 Å². The van der Waals surface area contributed by atoms with E-state index in [1.165, 1.54) is 6.07 Å². The summed E-state index contributed by atoms with van der Waals surface area (Å²) in [6, 6.07) is 8.93. The molecule has 0 aliphatic heterocycles. The molecule has 0 amide bonds. The standard InChI is InChI=1S/C22H21F3N2O3/c1-12-7-6-8-13(2)17(12)19-26-15-10-9-14(18(28)22(23,24)25)11-16(15)27(19)20(29)30-21(3,4)5/h6-11H,1-5H3. The van der Waals surface area contributed by atoms with E-state index in [1.807, 2.05) is 32.0 Å². The highest BCUT2D eigenvalue weighted by atomic mass is 19.4. The fraction of sp³-hybridized carbons (Fsp3) is 0.318. The number of benzene rings is 2. The van der Waals surface area contributed by atoms with Gasteiger partial charge >= 0.3 is 12.3 Å². The van der Waals surface area contributed by atoms with Crippen molar-refractivity contribution in [1.29, 1.82) is 0 Å². The van der Waals surface area contributed by atoms with Crippen molar-refractivity contribution < 1.29 is 27.5 Å². The third-order valence-corrected chi connectivity index (χ3v) is 4.45. The molecule has 0 N–H and O–H groups in total. The first-order valence-corrected chi connectivity index (χ1v) is 9.23. The van der Waals surface area contributed by atoms with Crippen LogP contribution in [-0.2, 0) is 4.74 Å². The molecule has 3 rings (SSSR count). The van der Waals surface area contributed by atoms with Crippen LogP contribution in [0.3, 0.4) is 0 Å². The van der Waals surface area contributed by atoms with Crippen molar-refractivity contribution in [3.8, 4) is 11.4 Å². The molecule has 0 bridgehead atoms. The molecule has 5 nitrogen and oxygen atoms in total. The minimum Gasteiger partial charge on any atom is -0.443 e. The van der Waals surface area contributed by atoms with Gasteiger partial charge in [0, 0.05) is 11.1 Å². The van der Waals surface area contributed by atoms with Gasteiger partial charge in [-0.3, -0.25) is 4.79 Å². The first-order valence-electron chi connectivity index (χ1n) is 9.23. The second kappa shape index (κ2) is 7.27. The molecule has 8 heteroatoms. The lowest BCUT2D eigenvalue weighted by atomic mass is 10.0. The lowest BCUT2D eigenvalue weighted by molar-refractivity contribution is -0.0885. The maximum absolute atomic E-state index is 13.0. The normalized spacial score (nSPS) is 12.3. The molecule has 0 aliphatic carbocycles. The van der Waals surface area contributed by atoms with Crippen molar-refractivity contribution in [3.63, 3.8) is 0 Å². The van der Waals surface area contributed by atoms with Gasteiger partial charge in [0.15, 0.2) is 5.82 Å². The number of alkyl halides is 3. The summed E-state index contributed by atoms with van der Waals surface area (Å²) in [4.78, 5) is 29.2. The number of ether oxygens (including phenoxy) is 1. The summed E-state index contributed by atoms with van der Waals surface area (Å²) in [5, 5.41) is 0. The van der Waals surface area contributed by atoms with Gasteiger partial charge < -0.3 is 4.74 Å². The van der Waals surface area contributed by atoms with Crippen LogP contribution < -0.4 is 0 Å². The summed E-state index contributed by atoms with van der Waals surface area (Å²) < 4.78 is 45.4. The van der Waals surface area contributed by atoms with Crippen LogP contribution in [0.15, 0.2) is 36.4 Å². The van der Waals surface area contributed by atoms with Gasteiger partial charge in [0.1, 0.15) is 5.60 Å². The van der Waals surface area contributed by atoms with Crippen LogP contribution in [0, 0.1) is 13.8 Å². The van der Waals surface area contributed by atoms with Crippen LogP contribution in [-0.4, -0.2) is 33.2 Å². The predicted molar refractivity (Wildman–Crippen MR) is 107 cm³/mol.